The molecule has 0 radical (unpaired) electrons. The van der Waals surface area contributed by atoms with Gasteiger partial charge in [-0.3, -0.25) is 9.13 Å². The summed E-state index contributed by atoms with van der Waals surface area (Å²) in [6.45, 7) is 0.957. The molecule has 6 heterocycles. The second kappa shape index (κ2) is 5.61. The number of fused-ring (bicyclic) bond motifs is 6. The standard InChI is InChI=1S/C17H13ClN8S/c18-13-4-3-12(27-13)16-19-5-7-25(16)17-20-8-11-14(22-17)24-6-1-2-10(24)15-23-21-9-26(11)15/h3-5,7-10H,1-2,6H2. The lowest BCUT2D eigenvalue weighted by Crippen LogP contribution is -2.31. The van der Waals surface area contributed by atoms with Gasteiger partial charge < -0.3 is 4.90 Å². The fourth-order valence-electron chi connectivity index (χ4n) is 3.88. The van der Waals surface area contributed by atoms with Crippen LogP contribution in [0.1, 0.15) is 24.7 Å². The molecule has 0 saturated carbocycles. The van der Waals surface area contributed by atoms with E-state index < -0.39 is 0 Å². The molecule has 0 bridgehead atoms. The Balaban J connectivity index is 1.51. The molecule has 1 atom stereocenters. The Morgan fingerprint density at radius 2 is 2.15 bits per heavy atom. The third kappa shape index (κ3) is 2.18. The molecule has 1 saturated heterocycles. The predicted molar refractivity (Wildman–Crippen MR) is 102 cm³/mol. The Morgan fingerprint density at radius 3 is 3.04 bits per heavy atom. The van der Waals surface area contributed by atoms with Gasteiger partial charge in [0.25, 0.3) is 0 Å². The molecule has 134 valence electrons. The summed E-state index contributed by atoms with van der Waals surface area (Å²) in [5, 5.41) is 8.41. The molecule has 0 aliphatic carbocycles. The summed E-state index contributed by atoms with van der Waals surface area (Å²) in [5.74, 6) is 3.25. The Kier molecular flexibility index (Phi) is 3.18. The van der Waals surface area contributed by atoms with Crippen LogP contribution in [0.5, 0.6) is 0 Å². The number of anilines is 1. The van der Waals surface area contributed by atoms with E-state index in [1.54, 1.807) is 12.5 Å². The summed E-state index contributed by atoms with van der Waals surface area (Å²) in [6.07, 6.45) is 9.37. The molecular weight excluding hydrogens is 384 g/mol. The Bertz CT molecular complexity index is 1160. The van der Waals surface area contributed by atoms with E-state index >= 15 is 0 Å². The van der Waals surface area contributed by atoms with E-state index in [1.807, 2.05) is 33.7 Å². The van der Waals surface area contributed by atoms with Crippen LogP contribution in [0.25, 0.3) is 22.3 Å². The number of imidazole rings is 1. The highest BCUT2D eigenvalue weighted by molar-refractivity contribution is 7.19. The smallest absolute Gasteiger partial charge is 0.237 e. The molecule has 0 aromatic carbocycles. The predicted octanol–water partition coefficient (Wildman–Crippen LogP) is 3.28. The maximum absolute atomic E-state index is 6.10. The van der Waals surface area contributed by atoms with E-state index in [-0.39, 0.29) is 6.04 Å². The molecule has 0 spiro atoms. The van der Waals surface area contributed by atoms with Gasteiger partial charge in [0.05, 0.1) is 21.5 Å². The number of nitrogens with zero attached hydrogens (tertiary/aromatic N) is 8. The van der Waals surface area contributed by atoms with Crippen molar-refractivity contribution >= 4 is 28.8 Å². The van der Waals surface area contributed by atoms with Crippen molar-refractivity contribution in [3.8, 4) is 22.3 Å². The minimum Gasteiger partial charge on any atom is -0.344 e. The van der Waals surface area contributed by atoms with E-state index in [0.29, 0.717) is 5.95 Å². The van der Waals surface area contributed by atoms with E-state index in [4.69, 9.17) is 16.6 Å². The highest BCUT2D eigenvalue weighted by atomic mass is 35.5. The first-order chi connectivity index (χ1) is 13.3. The van der Waals surface area contributed by atoms with E-state index in [9.17, 15) is 0 Å². The summed E-state index contributed by atoms with van der Waals surface area (Å²) in [4.78, 5) is 17.3. The molecule has 1 fully saturated rings. The molecule has 10 heteroatoms. The van der Waals surface area contributed by atoms with Gasteiger partial charge in [-0.25, -0.2) is 9.97 Å². The van der Waals surface area contributed by atoms with Gasteiger partial charge in [0, 0.05) is 18.9 Å². The average molecular weight is 397 g/mol. The van der Waals surface area contributed by atoms with Crippen LogP contribution < -0.4 is 4.90 Å². The molecule has 8 nitrogen and oxygen atoms in total. The van der Waals surface area contributed by atoms with Crippen molar-refractivity contribution in [1.82, 2.24) is 34.3 Å². The molecule has 4 aromatic rings. The Hall–Kier alpha value is -2.78. The van der Waals surface area contributed by atoms with Crippen molar-refractivity contribution in [2.45, 2.75) is 18.9 Å². The minimum atomic E-state index is 0.223. The number of aromatic nitrogens is 7. The minimum absolute atomic E-state index is 0.223. The molecule has 4 aromatic heterocycles. The molecular formula is C17H13ClN8S. The van der Waals surface area contributed by atoms with E-state index in [1.165, 1.54) is 11.3 Å². The first kappa shape index (κ1) is 15.3. The average Bonchev–Trinajstić information content (AvgIpc) is 3.45. The topological polar surface area (TPSA) is 77.6 Å². The summed E-state index contributed by atoms with van der Waals surface area (Å²) in [7, 11) is 0. The zero-order valence-electron chi connectivity index (χ0n) is 14.0. The van der Waals surface area contributed by atoms with Crippen LogP contribution in [0.2, 0.25) is 4.34 Å². The van der Waals surface area contributed by atoms with Gasteiger partial charge in [-0.2, -0.15) is 4.98 Å². The van der Waals surface area contributed by atoms with Gasteiger partial charge in [0.15, 0.2) is 17.5 Å². The normalized spacial score (nSPS) is 17.7. The lowest BCUT2D eigenvalue weighted by atomic mass is 10.1. The molecule has 6 rings (SSSR count). The van der Waals surface area contributed by atoms with Crippen LogP contribution in [0.3, 0.4) is 0 Å². The van der Waals surface area contributed by atoms with E-state index in [2.05, 4.69) is 25.1 Å². The first-order valence-corrected chi connectivity index (χ1v) is 9.82. The number of rotatable bonds is 2. The molecule has 1 unspecified atom stereocenters. The van der Waals surface area contributed by atoms with Crippen LogP contribution in [0, 0.1) is 0 Å². The van der Waals surface area contributed by atoms with E-state index in [0.717, 1.165) is 51.8 Å². The van der Waals surface area contributed by atoms with Crippen LogP contribution in [-0.2, 0) is 0 Å². The zero-order valence-corrected chi connectivity index (χ0v) is 15.6. The highest BCUT2D eigenvalue weighted by Crippen LogP contribution is 2.42. The summed E-state index contributed by atoms with van der Waals surface area (Å²) in [6, 6.07) is 4.06. The maximum Gasteiger partial charge on any atom is 0.237 e. The van der Waals surface area contributed by atoms with Gasteiger partial charge in [-0.15, -0.1) is 21.5 Å². The zero-order chi connectivity index (χ0) is 18.0. The summed E-state index contributed by atoms with van der Waals surface area (Å²) < 4.78 is 4.63. The SMILES string of the molecule is Clc1ccc(-c2nccn2-c2ncc3c(n2)N2CCCC2c2nncn2-3)s1. The van der Waals surface area contributed by atoms with Crippen LogP contribution in [0.15, 0.2) is 37.1 Å². The molecule has 2 aliphatic rings. The fraction of sp³-hybridized carbons (Fsp3) is 0.235. The number of hydrogen-bond acceptors (Lipinski definition) is 7. The lowest BCUT2D eigenvalue weighted by molar-refractivity contribution is 0.618. The highest BCUT2D eigenvalue weighted by Gasteiger charge is 2.37. The monoisotopic (exact) mass is 396 g/mol. The third-order valence-electron chi connectivity index (χ3n) is 5.04. The van der Waals surface area contributed by atoms with Crippen molar-refractivity contribution in [3.05, 3.63) is 47.2 Å². The maximum atomic E-state index is 6.10. The van der Waals surface area contributed by atoms with Crippen LogP contribution >= 0.6 is 22.9 Å². The largest absolute Gasteiger partial charge is 0.344 e. The van der Waals surface area contributed by atoms with Crippen molar-refractivity contribution in [1.29, 1.82) is 0 Å². The van der Waals surface area contributed by atoms with Crippen molar-refractivity contribution < 1.29 is 0 Å². The number of thiophene rings is 1. The first-order valence-electron chi connectivity index (χ1n) is 8.63. The number of hydrogen-bond donors (Lipinski definition) is 0. The quantitative estimate of drug-likeness (QED) is 0.517. The summed E-state index contributed by atoms with van der Waals surface area (Å²) >= 11 is 7.58. The molecule has 0 N–H and O–H groups in total. The summed E-state index contributed by atoms with van der Waals surface area (Å²) in [5.41, 5.74) is 0.915. The number of halogens is 1. The second-order valence-electron chi connectivity index (χ2n) is 6.51. The van der Waals surface area contributed by atoms with Crippen molar-refractivity contribution in [3.63, 3.8) is 0 Å². The molecule has 2 aliphatic heterocycles. The molecule has 27 heavy (non-hydrogen) atoms. The Labute approximate surface area is 163 Å². The third-order valence-corrected chi connectivity index (χ3v) is 6.27. The fourth-order valence-corrected chi connectivity index (χ4v) is 4.92. The van der Waals surface area contributed by atoms with Gasteiger partial charge in [0.1, 0.15) is 12.0 Å². The molecule has 0 amide bonds. The van der Waals surface area contributed by atoms with Gasteiger partial charge in [-0.1, -0.05) is 11.6 Å². The van der Waals surface area contributed by atoms with Crippen LogP contribution in [0.4, 0.5) is 5.82 Å². The van der Waals surface area contributed by atoms with Gasteiger partial charge in [-0.05, 0) is 25.0 Å². The van der Waals surface area contributed by atoms with Gasteiger partial charge >= 0.3 is 0 Å². The Morgan fingerprint density at radius 1 is 1.19 bits per heavy atom. The van der Waals surface area contributed by atoms with Crippen molar-refractivity contribution in [2.24, 2.45) is 0 Å². The van der Waals surface area contributed by atoms with Crippen LogP contribution in [-0.4, -0.2) is 40.8 Å². The van der Waals surface area contributed by atoms with Gasteiger partial charge in [0.2, 0.25) is 5.95 Å². The second-order valence-corrected chi connectivity index (χ2v) is 8.23. The van der Waals surface area contributed by atoms with Crippen molar-refractivity contribution in [2.75, 3.05) is 11.4 Å². The lowest BCUT2D eigenvalue weighted by Gasteiger charge is -2.32.